The van der Waals surface area contributed by atoms with Crippen molar-refractivity contribution in [3.8, 4) is 6.07 Å². The second-order valence-electron chi connectivity index (χ2n) is 7.67. The van der Waals surface area contributed by atoms with E-state index in [-0.39, 0.29) is 17.1 Å². The van der Waals surface area contributed by atoms with Crippen molar-refractivity contribution in [2.24, 2.45) is 11.3 Å². The van der Waals surface area contributed by atoms with Gasteiger partial charge >= 0.3 is 0 Å². The first-order chi connectivity index (χ1) is 12.3. The summed E-state index contributed by atoms with van der Waals surface area (Å²) >= 11 is 2.84. The van der Waals surface area contributed by atoms with Crippen LogP contribution in [0.3, 0.4) is 0 Å². The molecule has 0 unspecified atom stereocenters. The zero-order valence-corrected chi connectivity index (χ0v) is 17.1. The van der Waals surface area contributed by atoms with Crippen LogP contribution in [0, 0.1) is 29.6 Å². The second kappa shape index (κ2) is 7.41. The summed E-state index contributed by atoms with van der Waals surface area (Å²) in [6.07, 6.45) is 2.99. The molecule has 0 radical (unpaired) electrons. The molecular weight excluding hydrogens is 366 g/mol. The van der Waals surface area contributed by atoms with Gasteiger partial charge in [0.05, 0.1) is 11.3 Å². The number of carbonyl (C=O) groups excluding carboxylic acids is 1. The molecule has 26 heavy (non-hydrogen) atoms. The molecule has 2 aromatic heterocycles. The monoisotopic (exact) mass is 389 g/mol. The molecule has 0 bridgehead atoms. The number of aromatic amines is 1. The lowest BCUT2D eigenvalue weighted by atomic mass is 9.72. The van der Waals surface area contributed by atoms with Crippen molar-refractivity contribution in [2.45, 2.75) is 52.1 Å². The first-order valence-corrected chi connectivity index (χ1v) is 10.4. The van der Waals surface area contributed by atoms with E-state index in [0.717, 1.165) is 30.7 Å². The summed E-state index contributed by atoms with van der Waals surface area (Å²) < 4.78 is 0. The third-order valence-electron chi connectivity index (χ3n) is 4.76. The summed E-state index contributed by atoms with van der Waals surface area (Å²) in [7, 11) is 0. The molecule has 0 saturated heterocycles. The Hall–Kier alpha value is -1.85. The molecule has 2 aromatic rings. The van der Waals surface area contributed by atoms with Gasteiger partial charge in [0.15, 0.2) is 0 Å². The number of amides is 1. The summed E-state index contributed by atoms with van der Waals surface area (Å²) in [6.45, 7) is 8.63. The van der Waals surface area contributed by atoms with Crippen LogP contribution < -0.4 is 5.32 Å². The first kappa shape index (κ1) is 18.9. The quantitative estimate of drug-likeness (QED) is 0.773. The maximum absolute atomic E-state index is 12.3. The molecule has 1 atom stereocenters. The maximum atomic E-state index is 12.3. The maximum Gasteiger partial charge on any atom is 0.235 e. The third kappa shape index (κ3) is 4.10. The fourth-order valence-electron chi connectivity index (χ4n) is 3.21. The van der Waals surface area contributed by atoms with Crippen LogP contribution in [0.2, 0.25) is 0 Å². The van der Waals surface area contributed by atoms with E-state index in [0.29, 0.717) is 21.6 Å². The second-order valence-corrected chi connectivity index (χ2v) is 9.71. The smallest absolute Gasteiger partial charge is 0.235 e. The largest absolute Gasteiger partial charge is 0.316 e. The summed E-state index contributed by atoms with van der Waals surface area (Å²) in [5.41, 5.74) is 2.03. The number of nitriles is 1. The van der Waals surface area contributed by atoms with Crippen LogP contribution in [0.4, 0.5) is 5.00 Å². The molecule has 0 aromatic carbocycles. The number of thioether (sulfide) groups is 1. The van der Waals surface area contributed by atoms with Crippen LogP contribution in [0.5, 0.6) is 0 Å². The van der Waals surface area contributed by atoms with Crippen LogP contribution in [0.1, 0.15) is 49.0 Å². The van der Waals surface area contributed by atoms with Crippen LogP contribution in [-0.4, -0.2) is 26.8 Å². The van der Waals surface area contributed by atoms with E-state index in [1.54, 1.807) is 11.3 Å². The van der Waals surface area contributed by atoms with E-state index in [2.05, 4.69) is 47.3 Å². The molecule has 0 fully saturated rings. The number of nitrogens with one attached hydrogen (secondary N) is 2. The number of carbonyl (C=O) groups is 1. The number of nitrogens with zero attached hydrogens (tertiary/aromatic N) is 3. The normalized spacial score (nSPS) is 16.8. The van der Waals surface area contributed by atoms with E-state index in [1.165, 1.54) is 16.6 Å². The van der Waals surface area contributed by atoms with Gasteiger partial charge in [0.2, 0.25) is 11.1 Å². The molecule has 138 valence electrons. The third-order valence-corrected chi connectivity index (χ3v) is 6.78. The van der Waals surface area contributed by atoms with Crippen molar-refractivity contribution < 1.29 is 4.79 Å². The highest BCUT2D eigenvalue weighted by molar-refractivity contribution is 7.99. The first-order valence-electron chi connectivity index (χ1n) is 8.64. The fraction of sp³-hybridized carbons (Fsp3) is 0.556. The fourth-order valence-corrected chi connectivity index (χ4v) is 5.15. The van der Waals surface area contributed by atoms with E-state index in [4.69, 9.17) is 0 Å². The molecule has 2 heterocycles. The Balaban J connectivity index is 1.70. The van der Waals surface area contributed by atoms with Crippen LogP contribution >= 0.6 is 23.1 Å². The molecule has 0 saturated carbocycles. The molecule has 8 heteroatoms. The number of thiophene rings is 1. The Bertz CT molecular complexity index is 856. The summed E-state index contributed by atoms with van der Waals surface area (Å²) in [6, 6.07) is 2.30. The highest BCUT2D eigenvalue weighted by atomic mass is 32.2. The number of anilines is 1. The average Bonchev–Trinajstić information content (AvgIpc) is 3.14. The number of hydrogen-bond donors (Lipinski definition) is 2. The van der Waals surface area contributed by atoms with Crippen molar-refractivity contribution in [1.82, 2.24) is 15.2 Å². The molecule has 0 aliphatic heterocycles. The van der Waals surface area contributed by atoms with Gasteiger partial charge < -0.3 is 5.32 Å². The lowest BCUT2D eigenvalue weighted by molar-refractivity contribution is -0.113. The lowest BCUT2D eigenvalue weighted by Crippen LogP contribution is -2.26. The highest BCUT2D eigenvalue weighted by Gasteiger charge is 2.32. The van der Waals surface area contributed by atoms with Crippen LogP contribution in [0.25, 0.3) is 0 Å². The van der Waals surface area contributed by atoms with Gasteiger partial charge in [-0.2, -0.15) is 5.26 Å². The zero-order chi connectivity index (χ0) is 18.9. The Morgan fingerprint density at radius 1 is 1.50 bits per heavy atom. The van der Waals surface area contributed by atoms with Crippen molar-refractivity contribution in [2.75, 3.05) is 11.1 Å². The van der Waals surface area contributed by atoms with Gasteiger partial charge in [-0.3, -0.25) is 9.89 Å². The van der Waals surface area contributed by atoms with E-state index >= 15 is 0 Å². The summed E-state index contributed by atoms with van der Waals surface area (Å²) in [5.74, 6) is 1.40. The predicted molar refractivity (Wildman–Crippen MR) is 104 cm³/mol. The number of fused-ring (bicyclic) bond motifs is 1. The minimum atomic E-state index is -0.139. The van der Waals surface area contributed by atoms with Crippen molar-refractivity contribution in [3.63, 3.8) is 0 Å². The van der Waals surface area contributed by atoms with Gasteiger partial charge in [-0.15, -0.1) is 16.4 Å². The number of aryl methyl sites for hydroxylation is 1. The van der Waals surface area contributed by atoms with Crippen LogP contribution in [-0.2, 0) is 17.6 Å². The van der Waals surface area contributed by atoms with Crippen molar-refractivity contribution in [3.05, 3.63) is 21.8 Å². The minimum Gasteiger partial charge on any atom is -0.316 e. The number of aromatic nitrogens is 3. The molecule has 0 spiro atoms. The predicted octanol–water partition coefficient (Wildman–Crippen LogP) is 3.93. The molecule has 1 aliphatic carbocycles. The minimum absolute atomic E-state index is 0.139. The Kier molecular flexibility index (Phi) is 5.39. The Labute approximate surface area is 161 Å². The molecule has 2 N–H and O–H groups in total. The molecule has 6 nitrogen and oxygen atoms in total. The summed E-state index contributed by atoms with van der Waals surface area (Å²) in [4.78, 5) is 17.7. The standard InChI is InChI=1S/C18H23N5OS2/c1-10-20-17(23-22-10)25-9-15(24)21-16-13(8-19)12-6-5-11(18(2,3)4)7-14(12)26-16/h11H,5-7,9H2,1-4H3,(H,21,24)(H,20,22,23)/t11-/m0/s1. The van der Waals surface area contributed by atoms with E-state index < -0.39 is 0 Å². The van der Waals surface area contributed by atoms with Gasteiger partial charge in [-0.05, 0) is 43.1 Å². The topological polar surface area (TPSA) is 94.5 Å². The number of hydrogen-bond acceptors (Lipinski definition) is 6. The molecule has 1 amide bonds. The highest BCUT2D eigenvalue weighted by Crippen LogP contribution is 2.44. The van der Waals surface area contributed by atoms with Gasteiger partial charge in [-0.1, -0.05) is 32.5 Å². The van der Waals surface area contributed by atoms with Gasteiger partial charge in [0.1, 0.15) is 16.9 Å². The molecule has 1 aliphatic rings. The number of rotatable bonds is 4. The van der Waals surface area contributed by atoms with Crippen LogP contribution in [0.15, 0.2) is 5.16 Å². The number of H-pyrrole nitrogens is 1. The van der Waals surface area contributed by atoms with Gasteiger partial charge in [-0.25, -0.2) is 4.98 Å². The van der Waals surface area contributed by atoms with Gasteiger partial charge in [0, 0.05) is 4.88 Å². The van der Waals surface area contributed by atoms with Gasteiger partial charge in [0.25, 0.3) is 0 Å². The average molecular weight is 390 g/mol. The van der Waals surface area contributed by atoms with E-state index in [1.807, 2.05) is 6.92 Å². The van der Waals surface area contributed by atoms with Crippen molar-refractivity contribution in [1.29, 1.82) is 5.26 Å². The van der Waals surface area contributed by atoms with E-state index in [9.17, 15) is 10.1 Å². The summed E-state index contributed by atoms with van der Waals surface area (Å²) in [5, 5.41) is 20.5. The SMILES string of the molecule is Cc1nc(SCC(=O)Nc2sc3c(c2C#N)CC[C@H](C(C)(C)C)C3)n[nH]1. The molecular formula is C18H23N5OS2. The Morgan fingerprint density at radius 3 is 2.88 bits per heavy atom. The lowest BCUT2D eigenvalue weighted by Gasteiger charge is -2.33. The molecule has 3 rings (SSSR count). The Morgan fingerprint density at radius 2 is 2.27 bits per heavy atom. The van der Waals surface area contributed by atoms with Crippen molar-refractivity contribution >= 4 is 34.0 Å². The zero-order valence-electron chi connectivity index (χ0n) is 15.5.